The van der Waals surface area contributed by atoms with Crippen LogP contribution in [-0.2, 0) is 4.79 Å². The van der Waals surface area contributed by atoms with Gasteiger partial charge in [-0.05, 0) is 25.0 Å². The molecule has 0 radical (unpaired) electrons. The van der Waals surface area contributed by atoms with Gasteiger partial charge in [-0.3, -0.25) is 4.79 Å². The normalized spacial score (nSPS) is 17.8. The zero-order valence-electron chi connectivity index (χ0n) is 9.27. The number of nitrogens with zero attached hydrogens (tertiary/aromatic N) is 3. The van der Waals surface area contributed by atoms with Gasteiger partial charge in [0.2, 0.25) is 0 Å². The number of hydrogen-bond acceptors (Lipinski definition) is 3. The highest BCUT2D eigenvalue weighted by atomic mass is 79.9. The molecule has 2 aromatic heterocycles. The zero-order chi connectivity index (χ0) is 11.8. The minimum absolute atomic E-state index is 0.339. The number of hydrogen-bond donors (Lipinski definition) is 0. The first-order chi connectivity index (χ1) is 8.22. The van der Waals surface area contributed by atoms with E-state index in [1.165, 1.54) is 0 Å². The molecule has 0 saturated heterocycles. The fourth-order valence-electron chi connectivity index (χ4n) is 2.24. The lowest BCUT2D eigenvalue weighted by Gasteiger charge is -2.17. The molecule has 0 spiro atoms. The standard InChI is InChI=1S/C12H12BrN3O/c13-9-5-6-16-11(7-9)14-12(15-16)8-1-3-10(17)4-2-8/h5-8H,1-4H2. The van der Waals surface area contributed by atoms with Crippen LogP contribution in [0.1, 0.15) is 37.4 Å². The molecule has 0 aromatic carbocycles. The topological polar surface area (TPSA) is 47.3 Å². The van der Waals surface area contributed by atoms with Crippen molar-refractivity contribution in [2.45, 2.75) is 31.6 Å². The third kappa shape index (κ3) is 2.11. The number of halogens is 1. The van der Waals surface area contributed by atoms with Gasteiger partial charge in [-0.25, -0.2) is 9.50 Å². The summed E-state index contributed by atoms with van der Waals surface area (Å²) in [4.78, 5) is 15.7. The first-order valence-corrected chi connectivity index (χ1v) is 6.55. The molecule has 0 bridgehead atoms. The summed E-state index contributed by atoms with van der Waals surface area (Å²) in [5, 5.41) is 4.48. The van der Waals surface area contributed by atoms with Gasteiger partial charge in [0.1, 0.15) is 5.78 Å². The van der Waals surface area contributed by atoms with Crippen molar-refractivity contribution in [2.24, 2.45) is 0 Å². The Bertz CT molecular complexity index is 568. The lowest BCUT2D eigenvalue weighted by Crippen LogP contribution is -2.13. The van der Waals surface area contributed by atoms with Gasteiger partial charge < -0.3 is 0 Å². The van der Waals surface area contributed by atoms with Gasteiger partial charge in [0.05, 0.1) is 0 Å². The Morgan fingerprint density at radius 3 is 2.88 bits per heavy atom. The van der Waals surface area contributed by atoms with Crippen molar-refractivity contribution in [3.63, 3.8) is 0 Å². The Labute approximate surface area is 107 Å². The van der Waals surface area contributed by atoms with E-state index in [1.807, 2.05) is 18.3 Å². The van der Waals surface area contributed by atoms with Gasteiger partial charge >= 0.3 is 0 Å². The molecule has 5 heteroatoms. The zero-order valence-corrected chi connectivity index (χ0v) is 10.9. The molecule has 1 fully saturated rings. The van der Waals surface area contributed by atoms with Gasteiger partial charge in [0.25, 0.3) is 0 Å². The summed E-state index contributed by atoms with van der Waals surface area (Å²) >= 11 is 3.42. The van der Waals surface area contributed by atoms with E-state index in [0.29, 0.717) is 24.5 Å². The molecule has 0 amide bonds. The molecule has 3 rings (SSSR count). The fraction of sp³-hybridized carbons (Fsp3) is 0.417. The summed E-state index contributed by atoms with van der Waals surface area (Å²) in [6.45, 7) is 0. The monoisotopic (exact) mass is 293 g/mol. The van der Waals surface area contributed by atoms with Gasteiger partial charge in [-0.2, -0.15) is 5.10 Å². The smallest absolute Gasteiger partial charge is 0.156 e. The van der Waals surface area contributed by atoms with Crippen LogP contribution in [0.3, 0.4) is 0 Å². The molecule has 4 nitrogen and oxygen atoms in total. The van der Waals surface area contributed by atoms with E-state index in [4.69, 9.17) is 0 Å². The van der Waals surface area contributed by atoms with Crippen LogP contribution in [0.4, 0.5) is 0 Å². The summed E-state index contributed by atoms with van der Waals surface area (Å²) < 4.78 is 2.79. The molecule has 88 valence electrons. The molecule has 0 aliphatic heterocycles. The highest BCUT2D eigenvalue weighted by Crippen LogP contribution is 2.29. The summed E-state index contributed by atoms with van der Waals surface area (Å²) in [6, 6.07) is 3.89. The van der Waals surface area contributed by atoms with Crippen molar-refractivity contribution in [3.8, 4) is 0 Å². The van der Waals surface area contributed by atoms with Crippen LogP contribution in [0, 0.1) is 0 Å². The predicted molar refractivity (Wildman–Crippen MR) is 66.9 cm³/mol. The van der Waals surface area contributed by atoms with E-state index >= 15 is 0 Å². The quantitative estimate of drug-likeness (QED) is 0.812. The average molecular weight is 294 g/mol. The summed E-state index contributed by atoms with van der Waals surface area (Å²) in [6.07, 6.45) is 5.01. The Balaban J connectivity index is 1.92. The van der Waals surface area contributed by atoms with Crippen molar-refractivity contribution in [2.75, 3.05) is 0 Å². The van der Waals surface area contributed by atoms with Crippen LogP contribution in [0.2, 0.25) is 0 Å². The molecular formula is C12H12BrN3O. The highest BCUT2D eigenvalue weighted by Gasteiger charge is 2.23. The second-order valence-corrected chi connectivity index (χ2v) is 5.35. The molecular weight excluding hydrogens is 282 g/mol. The molecule has 2 aromatic rings. The third-order valence-corrected chi connectivity index (χ3v) is 3.72. The van der Waals surface area contributed by atoms with Crippen LogP contribution in [0.15, 0.2) is 22.8 Å². The number of pyridine rings is 1. The Hall–Kier alpha value is -1.23. The number of rotatable bonds is 1. The fourth-order valence-corrected chi connectivity index (χ4v) is 2.57. The van der Waals surface area contributed by atoms with Crippen molar-refractivity contribution < 1.29 is 4.79 Å². The Morgan fingerprint density at radius 1 is 1.35 bits per heavy atom. The largest absolute Gasteiger partial charge is 0.300 e. The number of ketones is 1. The number of aromatic nitrogens is 3. The molecule has 1 aliphatic carbocycles. The van der Waals surface area contributed by atoms with Gasteiger partial charge in [-0.1, -0.05) is 15.9 Å². The maximum atomic E-state index is 11.2. The van der Waals surface area contributed by atoms with Gasteiger partial charge in [0, 0.05) is 29.4 Å². The van der Waals surface area contributed by atoms with E-state index in [9.17, 15) is 4.79 Å². The van der Waals surface area contributed by atoms with E-state index in [0.717, 1.165) is 28.8 Å². The van der Waals surface area contributed by atoms with Crippen LogP contribution in [0.25, 0.3) is 5.65 Å². The van der Waals surface area contributed by atoms with Crippen LogP contribution in [-0.4, -0.2) is 20.4 Å². The predicted octanol–water partition coefficient (Wildman–Crippen LogP) is 2.72. The number of carbonyl (C=O) groups excluding carboxylic acids is 1. The van der Waals surface area contributed by atoms with Crippen LogP contribution >= 0.6 is 15.9 Å². The SMILES string of the molecule is O=C1CCC(c2nc3cc(Br)ccn3n2)CC1. The molecule has 0 N–H and O–H groups in total. The van der Waals surface area contributed by atoms with Gasteiger partial charge in [-0.15, -0.1) is 0 Å². The minimum Gasteiger partial charge on any atom is -0.300 e. The molecule has 0 unspecified atom stereocenters. The number of Topliss-reactive ketones (excluding diaryl/α,β-unsaturated/α-hetero) is 1. The molecule has 0 atom stereocenters. The first kappa shape index (κ1) is 10.9. The molecule has 1 aliphatic rings. The molecule has 1 saturated carbocycles. The van der Waals surface area contributed by atoms with E-state index in [2.05, 4.69) is 26.0 Å². The summed E-state index contributed by atoms with van der Waals surface area (Å²) in [7, 11) is 0. The van der Waals surface area contributed by atoms with E-state index in [1.54, 1.807) is 4.52 Å². The molecule has 2 heterocycles. The Kier molecular flexibility index (Phi) is 2.70. The molecule has 17 heavy (non-hydrogen) atoms. The lowest BCUT2D eigenvalue weighted by atomic mass is 9.88. The van der Waals surface area contributed by atoms with Crippen LogP contribution in [0.5, 0.6) is 0 Å². The van der Waals surface area contributed by atoms with Crippen molar-refractivity contribution in [1.82, 2.24) is 14.6 Å². The van der Waals surface area contributed by atoms with Crippen LogP contribution < -0.4 is 0 Å². The number of fused-ring (bicyclic) bond motifs is 1. The number of carbonyl (C=O) groups is 1. The van der Waals surface area contributed by atoms with Crippen molar-refractivity contribution in [3.05, 3.63) is 28.6 Å². The maximum absolute atomic E-state index is 11.2. The van der Waals surface area contributed by atoms with E-state index < -0.39 is 0 Å². The van der Waals surface area contributed by atoms with Crippen molar-refractivity contribution >= 4 is 27.4 Å². The van der Waals surface area contributed by atoms with Gasteiger partial charge in [0.15, 0.2) is 11.5 Å². The summed E-state index contributed by atoms with van der Waals surface area (Å²) in [5.41, 5.74) is 0.853. The average Bonchev–Trinajstić information content (AvgIpc) is 2.72. The highest BCUT2D eigenvalue weighted by molar-refractivity contribution is 9.10. The summed E-state index contributed by atoms with van der Waals surface area (Å²) in [5.74, 6) is 1.58. The first-order valence-electron chi connectivity index (χ1n) is 5.76. The third-order valence-electron chi connectivity index (χ3n) is 3.22. The maximum Gasteiger partial charge on any atom is 0.156 e. The second-order valence-electron chi connectivity index (χ2n) is 4.43. The lowest BCUT2D eigenvalue weighted by molar-refractivity contribution is -0.120. The van der Waals surface area contributed by atoms with Crippen molar-refractivity contribution in [1.29, 1.82) is 0 Å². The minimum atomic E-state index is 0.339. The second kappa shape index (κ2) is 4.22. The van der Waals surface area contributed by atoms with E-state index in [-0.39, 0.29) is 0 Å². The Morgan fingerprint density at radius 2 is 2.12 bits per heavy atom.